The molecule has 1 heterocycles. The molecule has 0 saturated heterocycles. The first kappa shape index (κ1) is 12.8. The number of aromatic hydroxyl groups is 1. The molecular weight excluding hydrogens is 281 g/mol. The van der Waals surface area contributed by atoms with Crippen LogP contribution in [0.25, 0.3) is 0 Å². The van der Waals surface area contributed by atoms with Crippen molar-refractivity contribution in [3.63, 3.8) is 0 Å². The van der Waals surface area contributed by atoms with Crippen molar-refractivity contribution in [1.29, 1.82) is 0 Å². The predicted molar refractivity (Wildman–Crippen MR) is 77.1 cm³/mol. The van der Waals surface area contributed by atoms with Crippen molar-refractivity contribution >= 4 is 23.2 Å². The minimum atomic E-state index is 0.0208. The Kier molecular flexibility index (Phi) is 3.38. The minimum absolute atomic E-state index is 0.0208. The van der Waals surface area contributed by atoms with Gasteiger partial charge >= 0.3 is 0 Å². The van der Waals surface area contributed by atoms with Crippen molar-refractivity contribution in [2.45, 2.75) is 25.2 Å². The standard InChI is InChI=1S/C15H13Cl2NO/c16-12-8-14(19)13(17)7-11(12)10-5-1-3-9-4-2-6-18-15(9)10/h2,4,6-8,10,19H,1,3,5H2. The number of pyridine rings is 1. The van der Waals surface area contributed by atoms with Gasteiger partial charge in [-0.2, -0.15) is 0 Å². The molecule has 1 unspecified atom stereocenters. The van der Waals surface area contributed by atoms with Crippen LogP contribution in [0.2, 0.25) is 10.0 Å². The Hall–Kier alpha value is -1.25. The normalized spacial score (nSPS) is 18.1. The van der Waals surface area contributed by atoms with Crippen LogP contribution in [0.15, 0.2) is 30.5 Å². The molecular formula is C15H13Cl2NO. The van der Waals surface area contributed by atoms with Crippen molar-refractivity contribution in [2.24, 2.45) is 0 Å². The third-order valence-electron chi connectivity index (χ3n) is 3.64. The number of hydrogen-bond donors (Lipinski definition) is 1. The molecule has 1 aliphatic rings. The number of aromatic nitrogens is 1. The van der Waals surface area contributed by atoms with Crippen LogP contribution in [0.4, 0.5) is 0 Å². The second-order valence-electron chi connectivity index (χ2n) is 4.82. The molecule has 2 nitrogen and oxygen atoms in total. The number of halogens is 2. The van der Waals surface area contributed by atoms with Gasteiger partial charge in [-0.3, -0.25) is 4.98 Å². The van der Waals surface area contributed by atoms with Crippen LogP contribution in [-0.2, 0) is 6.42 Å². The Morgan fingerprint density at radius 2 is 2.05 bits per heavy atom. The van der Waals surface area contributed by atoms with E-state index in [0.29, 0.717) is 10.0 Å². The van der Waals surface area contributed by atoms with Crippen LogP contribution in [0.1, 0.15) is 35.6 Å². The lowest BCUT2D eigenvalue weighted by molar-refractivity contribution is 0.475. The molecule has 1 aliphatic carbocycles. The Bertz CT molecular complexity index is 628. The maximum absolute atomic E-state index is 9.59. The van der Waals surface area contributed by atoms with Crippen LogP contribution in [-0.4, -0.2) is 10.1 Å². The Labute approximate surface area is 122 Å². The summed E-state index contributed by atoms with van der Waals surface area (Å²) >= 11 is 12.3. The third kappa shape index (κ3) is 2.31. The van der Waals surface area contributed by atoms with Gasteiger partial charge in [0.1, 0.15) is 5.75 Å². The molecule has 2 aromatic rings. The molecule has 1 atom stereocenters. The van der Waals surface area contributed by atoms with Crippen molar-refractivity contribution in [1.82, 2.24) is 4.98 Å². The molecule has 0 bridgehead atoms. The van der Waals surface area contributed by atoms with E-state index in [1.54, 1.807) is 6.07 Å². The minimum Gasteiger partial charge on any atom is -0.506 e. The number of aryl methyl sites for hydroxylation is 1. The van der Waals surface area contributed by atoms with Crippen LogP contribution >= 0.6 is 23.2 Å². The van der Waals surface area contributed by atoms with Crippen LogP contribution in [0, 0.1) is 0 Å². The van der Waals surface area contributed by atoms with Crippen molar-refractivity contribution in [3.05, 3.63) is 57.3 Å². The topological polar surface area (TPSA) is 33.1 Å². The zero-order valence-corrected chi connectivity index (χ0v) is 11.7. The highest BCUT2D eigenvalue weighted by Crippen LogP contribution is 2.41. The second kappa shape index (κ2) is 5.03. The fourth-order valence-electron chi connectivity index (χ4n) is 2.73. The fourth-order valence-corrected chi connectivity index (χ4v) is 3.19. The smallest absolute Gasteiger partial charge is 0.135 e. The summed E-state index contributed by atoms with van der Waals surface area (Å²) in [5.41, 5.74) is 3.31. The van der Waals surface area contributed by atoms with Crippen molar-refractivity contribution in [2.75, 3.05) is 0 Å². The van der Waals surface area contributed by atoms with Crippen molar-refractivity contribution < 1.29 is 5.11 Å². The van der Waals surface area contributed by atoms with Gasteiger partial charge in [0.15, 0.2) is 0 Å². The molecule has 1 aromatic carbocycles. The quantitative estimate of drug-likeness (QED) is 0.836. The van der Waals surface area contributed by atoms with Gasteiger partial charge in [0.05, 0.1) is 10.7 Å². The van der Waals surface area contributed by atoms with E-state index in [4.69, 9.17) is 23.2 Å². The maximum atomic E-state index is 9.59. The van der Waals surface area contributed by atoms with E-state index in [1.807, 2.05) is 12.3 Å². The first-order chi connectivity index (χ1) is 9.16. The number of benzene rings is 1. The number of hydrogen-bond acceptors (Lipinski definition) is 2. The third-order valence-corrected chi connectivity index (χ3v) is 4.27. The lowest BCUT2D eigenvalue weighted by atomic mass is 9.82. The van der Waals surface area contributed by atoms with Gasteiger partial charge in [0, 0.05) is 23.2 Å². The Morgan fingerprint density at radius 3 is 2.89 bits per heavy atom. The highest BCUT2D eigenvalue weighted by atomic mass is 35.5. The zero-order chi connectivity index (χ0) is 13.4. The van der Waals surface area contributed by atoms with Crippen LogP contribution < -0.4 is 0 Å². The van der Waals surface area contributed by atoms with E-state index < -0.39 is 0 Å². The maximum Gasteiger partial charge on any atom is 0.135 e. The molecule has 4 heteroatoms. The van der Waals surface area contributed by atoms with Gasteiger partial charge < -0.3 is 5.11 Å². The zero-order valence-electron chi connectivity index (χ0n) is 10.2. The summed E-state index contributed by atoms with van der Waals surface area (Å²) in [7, 11) is 0. The highest BCUT2D eigenvalue weighted by molar-refractivity contribution is 6.34. The molecule has 0 amide bonds. The molecule has 1 aromatic heterocycles. The second-order valence-corrected chi connectivity index (χ2v) is 5.63. The number of phenolic OH excluding ortho intramolecular Hbond substituents is 1. The van der Waals surface area contributed by atoms with Gasteiger partial charge in [-0.25, -0.2) is 0 Å². The summed E-state index contributed by atoms with van der Waals surface area (Å²) in [6.07, 6.45) is 4.99. The lowest BCUT2D eigenvalue weighted by Gasteiger charge is -2.25. The first-order valence-corrected chi connectivity index (χ1v) is 7.04. The van der Waals surface area contributed by atoms with E-state index in [0.717, 1.165) is 30.5 Å². The molecule has 0 spiro atoms. The summed E-state index contributed by atoms with van der Waals surface area (Å²) in [4.78, 5) is 4.51. The Morgan fingerprint density at radius 1 is 1.21 bits per heavy atom. The molecule has 19 heavy (non-hydrogen) atoms. The monoisotopic (exact) mass is 293 g/mol. The van der Waals surface area contributed by atoms with E-state index in [1.165, 1.54) is 11.6 Å². The van der Waals surface area contributed by atoms with E-state index in [-0.39, 0.29) is 11.7 Å². The fraction of sp³-hybridized carbons (Fsp3) is 0.267. The predicted octanol–water partition coefficient (Wildman–Crippen LogP) is 4.56. The van der Waals surface area contributed by atoms with Gasteiger partial charge in [-0.15, -0.1) is 0 Å². The summed E-state index contributed by atoms with van der Waals surface area (Å²) in [5.74, 6) is 0.183. The number of phenols is 1. The number of nitrogens with zero attached hydrogens (tertiary/aromatic N) is 1. The highest BCUT2D eigenvalue weighted by Gasteiger charge is 2.25. The molecule has 0 radical (unpaired) electrons. The summed E-state index contributed by atoms with van der Waals surface area (Å²) < 4.78 is 0. The summed E-state index contributed by atoms with van der Waals surface area (Å²) in [6, 6.07) is 7.35. The first-order valence-electron chi connectivity index (χ1n) is 6.28. The number of rotatable bonds is 1. The molecule has 3 rings (SSSR count). The van der Waals surface area contributed by atoms with Crippen molar-refractivity contribution in [3.8, 4) is 5.75 Å². The molecule has 0 saturated carbocycles. The summed E-state index contributed by atoms with van der Waals surface area (Å²) in [5, 5.41) is 10.5. The largest absolute Gasteiger partial charge is 0.506 e. The number of fused-ring (bicyclic) bond motifs is 1. The van der Waals surface area contributed by atoms with Crippen LogP contribution in [0.3, 0.4) is 0 Å². The summed E-state index contributed by atoms with van der Waals surface area (Å²) in [6.45, 7) is 0. The molecule has 0 fully saturated rings. The lowest BCUT2D eigenvalue weighted by Crippen LogP contribution is -2.13. The van der Waals surface area contributed by atoms with E-state index >= 15 is 0 Å². The van der Waals surface area contributed by atoms with E-state index in [2.05, 4.69) is 11.1 Å². The average Bonchev–Trinajstić information content (AvgIpc) is 2.42. The van der Waals surface area contributed by atoms with Gasteiger partial charge in [-0.1, -0.05) is 29.3 Å². The molecule has 1 N–H and O–H groups in total. The van der Waals surface area contributed by atoms with Crippen LogP contribution in [0.5, 0.6) is 5.75 Å². The average molecular weight is 294 g/mol. The van der Waals surface area contributed by atoms with Gasteiger partial charge in [0.25, 0.3) is 0 Å². The van der Waals surface area contributed by atoms with Gasteiger partial charge in [0.2, 0.25) is 0 Å². The van der Waals surface area contributed by atoms with E-state index in [9.17, 15) is 5.11 Å². The molecule has 0 aliphatic heterocycles. The van der Waals surface area contributed by atoms with Gasteiger partial charge in [-0.05, 0) is 42.5 Å². The Balaban J connectivity index is 2.11. The molecule has 98 valence electrons. The SMILES string of the molecule is Oc1cc(Cl)c(C2CCCc3cccnc32)cc1Cl.